The summed E-state index contributed by atoms with van der Waals surface area (Å²) in [7, 11) is 0. The number of aromatic nitrogens is 2. The van der Waals surface area contributed by atoms with Gasteiger partial charge in [0.15, 0.2) is 5.75 Å². The van der Waals surface area contributed by atoms with Gasteiger partial charge in [0.1, 0.15) is 12.0 Å². The lowest BCUT2D eigenvalue weighted by Crippen LogP contribution is -2.32. The maximum atomic E-state index is 11.7. The summed E-state index contributed by atoms with van der Waals surface area (Å²) in [5.41, 5.74) is 0.390. The standard InChI is InChI=1S/C21H21N3O4/c25-17-9-16(27-12-18(17)26)11-24-10-15-7-4-8-21(15,13-24)20-22-19(23-28-20)14-5-2-1-3-6-14/h1-3,5-6,9,12,15,26H,4,7-8,10-11,13H2/t15-,21-/m1/s1. The molecule has 7 nitrogen and oxygen atoms in total. The van der Waals surface area contributed by atoms with Crippen molar-refractivity contribution in [3.8, 4) is 17.1 Å². The zero-order valence-corrected chi connectivity index (χ0v) is 15.4. The van der Waals surface area contributed by atoms with Crippen molar-refractivity contribution >= 4 is 0 Å². The highest BCUT2D eigenvalue weighted by molar-refractivity contribution is 5.53. The molecule has 2 atom stereocenters. The van der Waals surface area contributed by atoms with E-state index in [1.165, 1.54) is 6.07 Å². The normalized spacial score (nSPS) is 24.5. The van der Waals surface area contributed by atoms with E-state index in [2.05, 4.69) is 10.1 Å². The van der Waals surface area contributed by atoms with Crippen LogP contribution in [0.1, 0.15) is 30.9 Å². The molecule has 1 saturated heterocycles. The van der Waals surface area contributed by atoms with Crippen molar-refractivity contribution in [3.63, 3.8) is 0 Å². The Labute approximate surface area is 161 Å². The quantitative estimate of drug-likeness (QED) is 0.745. The third-order valence-corrected chi connectivity index (χ3v) is 6.07. The van der Waals surface area contributed by atoms with Gasteiger partial charge in [-0.25, -0.2) is 0 Å². The number of benzene rings is 1. The molecular formula is C21H21N3O4. The zero-order valence-electron chi connectivity index (χ0n) is 15.4. The van der Waals surface area contributed by atoms with Crippen LogP contribution in [0, 0.1) is 5.92 Å². The van der Waals surface area contributed by atoms with Crippen molar-refractivity contribution in [1.82, 2.24) is 15.0 Å². The maximum absolute atomic E-state index is 11.7. The van der Waals surface area contributed by atoms with Crippen LogP contribution in [0.4, 0.5) is 0 Å². The lowest BCUT2D eigenvalue weighted by atomic mass is 9.80. The third-order valence-electron chi connectivity index (χ3n) is 6.07. The minimum Gasteiger partial charge on any atom is -0.502 e. The van der Waals surface area contributed by atoms with Gasteiger partial charge in [0.25, 0.3) is 0 Å². The van der Waals surface area contributed by atoms with E-state index in [0.717, 1.165) is 44.2 Å². The van der Waals surface area contributed by atoms with Gasteiger partial charge in [-0.05, 0) is 18.8 Å². The van der Waals surface area contributed by atoms with Gasteiger partial charge >= 0.3 is 0 Å². The molecule has 0 spiro atoms. The Morgan fingerprint density at radius 1 is 1.29 bits per heavy atom. The fourth-order valence-electron chi connectivity index (χ4n) is 4.74. The molecule has 0 bridgehead atoms. The molecule has 5 rings (SSSR count). The Bertz CT molecular complexity index is 1050. The molecule has 144 valence electrons. The largest absolute Gasteiger partial charge is 0.502 e. The second kappa shape index (κ2) is 6.60. The highest BCUT2D eigenvalue weighted by Crippen LogP contribution is 2.50. The number of likely N-dealkylation sites (tertiary alicyclic amines) is 1. The van der Waals surface area contributed by atoms with E-state index in [1.807, 2.05) is 30.3 Å². The SMILES string of the molecule is O=c1cc(CN2C[C@H]3CCC[C@@]3(c3nc(-c4ccccc4)no3)C2)occ1O. The van der Waals surface area contributed by atoms with Crippen LogP contribution in [-0.2, 0) is 12.0 Å². The first-order valence-corrected chi connectivity index (χ1v) is 9.57. The first kappa shape index (κ1) is 17.2. The van der Waals surface area contributed by atoms with Gasteiger partial charge in [-0.1, -0.05) is 41.9 Å². The Hall–Kier alpha value is -2.93. The van der Waals surface area contributed by atoms with Gasteiger partial charge in [0.05, 0.1) is 12.0 Å². The minimum atomic E-state index is -0.417. The molecule has 2 aromatic heterocycles. The van der Waals surface area contributed by atoms with Gasteiger partial charge in [-0.15, -0.1) is 0 Å². The van der Waals surface area contributed by atoms with Crippen LogP contribution in [0.5, 0.6) is 5.75 Å². The summed E-state index contributed by atoms with van der Waals surface area (Å²) in [4.78, 5) is 18.7. The first-order chi connectivity index (χ1) is 13.6. The van der Waals surface area contributed by atoms with E-state index in [1.54, 1.807) is 0 Å². The van der Waals surface area contributed by atoms with E-state index in [9.17, 15) is 9.90 Å². The van der Waals surface area contributed by atoms with Crippen LogP contribution in [-0.4, -0.2) is 33.2 Å². The highest BCUT2D eigenvalue weighted by Gasteiger charge is 2.54. The molecule has 0 unspecified atom stereocenters. The number of hydrogen-bond donors (Lipinski definition) is 1. The van der Waals surface area contributed by atoms with E-state index >= 15 is 0 Å². The molecule has 2 fully saturated rings. The average Bonchev–Trinajstić information content (AvgIpc) is 3.40. The number of aromatic hydroxyl groups is 1. The average molecular weight is 379 g/mol. The predicted octanol–water partition coefficient (Wildman–Crippen LogP) is 2.95. The molecule has 1 aromatic carbocycles. The Morgan fingerprint density at radius 3 is 2.96 bits per heavy atom. The van der Waals surface area contributed by atoms with Crippen molar-refractivity contribution in [3.05, 3.63) is 64.5 Å². The number of hydrogen-bond acceptors (Lipinski definition) is 7. The van der Waals surface area contributed by atoms with E-state index in [0.29, 0.717) is 29.9 Å². The molecule has 3 aromatic rings. The van der Waals surface area contributed by atoms with Gasteiger partial charge in [0.2, 0.25) is 17.1 Å². The summed E-state index contributed by atoms with van der Waals surface area (Å²) in [6.07, 6.45) is 4.40. The fraction of sp³-hybridized carbons (Fsp3) is 0.381. The summed E-state index contributed by atoms with van der Waals surface area (Å²) in [5, 5.41) is 13.6. The molecule has 1 saturated carbocycles. The third kappa shape index (κ3) is 2.82. The van der Waals surface area contributed by atoms with E-state index < -0.39 is 5.43 Å². The van der Waals surface area contributed by atoms with Crippen molar-refractivity contribution in [2.45, 2.75) is 31.2 Å². The summed E-state index contributed by atoms with van der Waals surface area (Å²) in [5.74, 6) is 1.97. The Morgan fingerprint density at radius 2 is 2.14 bits per heavy atom. The molecule has 1 aliphatic carbocycles. The molecule has 2 aliphatic rings. The van der Waals surface area contributed by atoms with Gasteiger partial charge < -0.3 is 14.0 Å². The van der Waals surface area contributed by atoms with Crippen LogP contribution in [0.2, 0.25) is 0 Å². The van der Waals surface area contributed by atoms with Crippen LogP contribution in [0.3, 0.4) is 0 Å². The van der Waals surface area contributed by atoms with Gasteiger partial charge in [-0.3, -0.25) is 9.69 Å². The second-order valence-corrected chi connectivity index (χ2v) is 7.80. The van der Waals surface area contributed by atoms with Gasteiger partial charge in [0, 0.05) is 24.7 Å². The maximum Gasteiger partial charge on any atom is 0.234 e. The highest BCUT2D eigenvalue weighted by atomic mass is 16.5. The molecule has 3 heterocycles. The van der Waals surface area contributed by atoms with E-state index in [4.69, 9.17) is 13.9 Å². The van der Waals surface area contributed by atoms with Gasteiger partial charge in [-0.2, -0.15) is 4.98 Å². The van der Waals surface area contributed by atoms with Crippen LogP contribution in [0.15, 0.2) is 56.4 Å². The summed E-state index contributed by atoms with van der Waals surface area (Å²) in [6.45, 7) is 2.21. The minimum absolute atomic E-state index is 0.142. The fourth-order valence-corrected chi connectivity index (χ4v) is 4.74. The monoisotopic (exact) mass is 379 g/mol. The molecule has 0 amide bonds. The molecular weight excluding hydrogens is 358 g/mol. The smallest absolute Gasteiger partial charge is 0.234 e. The topological polar surface area (TPSA) is 92.6 Å². The summed E-state index contributed by atoms with van der Waals surface area (Å²) >= 11 is 0. The number of fused-ring (bicyclic) bond motifs is 1. The van der Waals surface area contributed by atoms with Crippen molar-refractivity contribution < 1.29 is 14.0 Å². The second-order valence-electron chi connectivity index (χ2n) is 7.80. The lowest BCUT2D eigenvalue weighted by Gasteiger charge is -2.24. The number of nitrogens with zero attached hydrogens (tertiary/aromatic N) is 3. The molecule has 1 aliphatic heterocycles. The van der Waals surface area contributed by atoms with Crippen molar-refractivity contribution in [2.75, 3.05) is 13.1 Å². The van der Waals surface area contributed by atoms with Crippen LogP contribution < -0.4 is 5.43 Å². The summed E-state index contributed by atoms with van der Waals surface area (Å²) < 4.78 is 11.1. The lowest BCUT2D eigenvalue weighted by molar-refractivity contribution is 0.235. The molecule has 28 heavy (non-hydrogen) atoms. The Kier molecular flexibility index (Phi) is 4.05. The van der Waals surface area contributed by atoms with Crippen molar-refractivity contribution in [2.24, 2.45) is 5.92 Å². The summed E-state index contributed by atoms with van der Waals surface area (Å²) in [6, 6.07) is 11.2. The number of rotatable bonds is 4. The Balaban J connectivity index is 1.40. The molecule has 1 N–H and O–H groups in total. The van der Waals surface area contributed by atoms with Crippen LogP contribution >= 0.6 is 0 Å². The van der Waals surface area contributed by atoms with E-state index in [-0.39, 0.29) is 11.2 Å². The van der Waals surface area contributed by atoms with Crippen LogP contribution in [0.25, 0.3) is 11.4 Å². The molecule has 0 radical (unpaired) electrons. The zero-order chi connectivity index (χ0) is 19.1. The first-order valence-electron chi connectivity index (χ1n) is 9.57. The predicted molar refractivity (Wildman–Crippen MR) is 101 cm³/mol. The van der Waals surface area contributed by atoms with Crippen molar-refractivity contribution in [1.29, 1.82) is 0 Å². The molecule has 7 heteroatoms.